The van der Waals surface area contributed by atoms with E-state index >= 15 is 0 Å². The largest absolute Gasteiger partial charge is 0.478 e. The Kier molecular flexibility index (Phi) is 3.86. The van der Waals surface area contributed by atoms with Gasteiger partial charge in [-0.2, -0.15) is 0 Å². The number of allylic oxidation sites excluding steroid dienone is 2. The summed E-state index contributed by atoms with van der Waals surface area (Å²) >= 11 is 0. The Morgan fingerprint density at radius 1 is 1.27 bits per heavy atom. The van der Waals surface area contributed by atoms with Crippen molar-refractivity contribution in [3.8, 4) is 0 Å². The molecular weight excluding hydrogens is 188 g/mol. The molecule has 1 N–H and O–H groups in total. The van der Waals surface area contributed by atoms with Crippen LogP contribution in [-0.2, 0) is 12.8 Å². The number of hydrogen-bond acceptors (Lipinski definition) is 1. The van der Waals surface area contributed by atoms with Crippen molar-refractivity contribution in [3.05, 3.63) is 60.2 Å². The van der Waals surface area contributed by atoms with Crippen molar-refractivity contribution in [2.24, 2.45) is 0 Å². The van der Waals surface area contributed by atoms with E-state index in [1.807, 2.05) is 12.1 Å². The van der Waals surface area contributed by atoms with Gasteiger partial charge in [-0.3, -0.25) is 0 Å². The fourth-order valence-electron chi connectivity index (χ4n) is 1.47. The highest BCUT2D eigenvalue weighted by Gasteiger charge is 2.08. The summed E-state index contributed by atoms with van der Waals surface area (Å²) in [7, 11) is 0. The number of carboxylic acid groups (broad SMARTS) is 1. The van der Waals surface area contributed by atoms with Crippen LogP contribution in [0.5, 0.6) is 0 Å². The summed E-state index contributed by atoms with van der Waals surface area (Å²) in [4.78, 5) is 10.9. The zero-order valence-corrected chi connectivity index (χ0v) is 8.57. The van der Waals surface area contributed by atoms with Crippen molar-refractivity contribution < 1.29 is 9.90 Å². The fourth-order valence-corrected chi connectivity index (χ4v) is 1.47. The van der Waals surface area contributed by atoms with Gasteiger partial charge in [0, 0.05) is 0 Å². The number of rotatable bonds is 5. The van der Waals surface area contributed by atoms with Gasteiger partial charge in [0.2, 0.25) is 0 Å². The lowest BCUT2D eigenvalue weighted by Gasteiger charge is -2.05. The van der Waals surface area contributed by atoms with Crippen molar-refractivity contribution in [1.29, 1.82) is 0 Å². The van der Waals surface area contributed by atoms with Crippen LogP contribution in [0.25, 0.3) is 0 Å². The van der Waals surface area contributed by atoms with Gasteiger partial charge in [-0.15, -0.1) is 13.2 Å². The molecule has 0 radical (unpaired) electrons. The van der Waals surface area contributed by atoms with Crippen molar-refractivity contribution in [2.75, 3.05) is 0 Å². The van der Waals surface area contributed by atoms with Crippen LogP contribution in [0.1, 0.15) is 21.5 Å². The van der Waals surface area contributed by atoms with E-state index in [4.69, 9.17) is 5.11 Å². The molecule has 0 aliphatic rings. The smallest absolute Gasteiger partial charge is 0.335 e. The lowest BCUT2D eigenvalue weighted by atomic mass is 10.00. The van der Waals surface area contributed by atoms with Crippen LogP contribution in [0.2, 0.25) is 0 Å². The Hall–Kier alpha value is -1.83. The highest BCUT2D eigenvalue weighted by molar-refractivity contribution is 5.89. The van der Waals surface area contributed by atoms with Gasteiger partial charge < -0.3 is 5.11 Å². The van der Waals surface area contributed by atoms with E-state index in [0.29, 0.717) is 12.0 Å². The van der Waals surface area contributed by atoms with Crippen molar-refractivity contribution in [1.82, 2.24) is 0 Å². The van der Waals surface area contributed by atoms with Crippen LogP contribution in [-0.4, -0.2) is 11.1 Å². The van der Waals surface area contributed by atoms with Gasteiger partial charge in [0.15, 0.2) is 0 Å². The first-order valence-electron chi connectivity index (χ1n) is 4.76. The third-order valence-corrected chi connectivity index (χ3v) is 2.14. The first-order chi connectivity index (χ1) is 7.19. The van der Waals surface area contributed by atoms with Gasteiger partial charge >= 0.3 is 5.97 Å². The zero-order chi connectivity index (χ0) is 11.3. The number of benzene rings is 1. The van der Waals surface area contributed by atoms with E-state index in [2.05, 4.69) is 13.2 Å². The van der Waals surface area contributed by atoms with E-state index < -0.39 is 5.97 Å². The van der Waals surface area contributed by atoms with E-state index in [0.717, 1.165) is 17.5 Å². The maximum Gasteiger partial charge on any atom is 0.335 e. The van der Waals surface area contributed by atoms with Gasteiger partial charge in [-0.25, -0.2) is 4.79 Å². The Balaban J connectivity index is 3.13. The van der Waals surface area contributed by atoms with Gasteiger partial charge in [-0.1, -0.05) is 24.3 Å². The molecule has 78 valence electrons. The molecule has 0 aliphatic heterocycles. The molecule has 0 fully saturated rings. The first kappa shape index (κ1) is 11.2. The number of carbonyl (C=O) groups is 1. The van der Waals surface area contributed by atoms with Gasteiger partial charge in [-0.05, 0) is 30.0 Å². The normalized spacial score (nSPS) is 9.60. The summed E-state index contributed by atoms with van der Waals surface area (Å²) in [6, 6.07) is 5.35. The van der Waals surface area contributed by atoms with Crippen LogP contribution in [0.15, 0.2) is 43.5 Å². The second kappa shape index (κ2) is 5.15. The molecule has 0 spiro atoms. The third kappa shape index (κ3) is 2.81. The molecule has 0 heterocycles. The minimum absolute atomic E-state index is 0.350. The Morgan fingerprint density at radius 3 is 2.47 bits per heavy atom. The van der Waals surface area contributed by atoms with Crippen molar-refractivity contribution >= 4 is 5.97 Å². The van der Waals surface area contributed by atoms with Crippen LogP contribution in [0, 0.1) is 0 Å². The number of hydrogen-bond donors (Lipinski definition) is 1. The summed E-state index contributed by atoms with van der Waals surface area (Å²) < 4.78 is 0. The molecule has 0 saturated carbocycles. The van der Waals surface area contributed by atoms with Gasteiger partial charge in [0.1, 0.15) is 0 Å². The number of aromatic carboxylic acids is 1. The number of carboxylic acids is 1. The minimum atomic E-state index is -0.892. The highest BCUT2D eigenvalue weighted by atomic mass is 16.4. The van der Waals surface area contributed by atoms with Crippen LogP contribution < -0.4 is 0 Å². The zero-order valence-electron chi connectivity index (χ0n) is 8.57. The molecule has 0 atom stereocenters. The van der Waals surface area contributed by atoms with E-state index in [1.54, 1.807) is 18.2 Å². The molecule has 0 aliphatic carbocycles. The molecule has 2 heteroatoms. The average Bonchev–Trinajstić information content (AvgIpc) is 2.18. The monoisotopic (exact) mass is 202 g/mol. The molecule has 2 nitrogen and oxygen atoms in total. The summed E-state index contributed by atoms with van der Waals surface area (Å²) in [5, 5.41) is 8.96. The summed E-state index contributed by atoms with van der Waals surface area (Å²) in [5.41, 5.74) is 2.23. The third-order valence-electron chi connectivity index (χ3n) is 2.14. The predicted molar refractivity (Wildman–Crippen MR) is 61.2 cm³/mol. The maximum absolute atomic E-state index is 10.9. The van der Waals surface area contributed by atoms with E-state index in [1.165, 1.54) is 0 Å². The highest BCUT2D eigenvalue weighted by Crippen LogP contribution is 2.14. The van der Waals surface area contributed by atoms with Crippen LogP contribution in [0.4, 0.5) is 0 Å². The molecule has 1 aromatic rings. The van der Waals surface area contributed by atoms with Crippen molar-refractivity contribution in [2.45, 2.75) is 12.8 Å². The van der Waals surface area contributed by atoms with Crippen molar-refractivity contribution in [3.63, 3.8) is 0 Å². The predicted octanol–water partition coefficient (Wildman–Crippen LogP) is 2.84. The lowest BCUT2D eigenvalue weighted by molar-refractivity contribution is 0.0696. The molecule has 0 unspecified atom stereocenters. The lowest BCUT2D eigenvalue weighted by Crippen LogP contribution is -2.02. The van der Waals surface area contributed by atoms with E-state index in [9.17, 15) is 4.79 Å². The molecule has 1 aromatic carbocycles. The molecule has 1 rings (SSSR count). The minimum Gasteiger partial charge on any atom is -0.478 e. The topological polar surface area (TPSA) is 37.3 Å². The molecule has 0 bridgehead atoms. The quantitative estimate of drug-likeness (QED) is 0.745. The van der Waals surface area contributed by atoms with Gasteiger partial charge in [0.05, 0.1) is 5.56 Å². The SMILES string of the molecule is C=CCc1ccc(C(=O)O)c(CC=C)c1. The summed E-state index contributed by atoms with van der Waals surface area (Å²) in [6.07, 6.45) is 4.84. The molecule has 0 amide bonds. The Bertz CT molecular complexity index is 392. The average molecular weight is 202 g/mol. The molecular formula is C13H14O2. The van der Waals surface area contributed by atoms with E-state index in [-0.39, 0.29) is 0 Å². The first-order valence-corrected chi connectivity index (χ1v) is 4.76. The summed E-state index contributed by atoms with van der Waals surface area (Å²) in [5.74, 6) is -0.892. The Morgan fingerprint density at radius 2 is 1.93 bits per heavy atom. The molecule has 0 saturated heterocycles. The summed E-state index contributed by atoms with van der Waals surface area (Å²) in [6.45, 7) is 7.27. The van der Waals surface area contributed by atoms with Gasteiger partial charge in [0.25, 0.3) is 0 Å². The molecule has 15 heavy (non-hydrogen) atoms. The standard InChI is InChI=1S/C13H14O2/c1-3-5-10-7-8-12(13(14)15)11(9-10)6-4-2/h3-4,7-9H,1-2,5-6H2,(H,14,15). The maximum atomic E-state index is 10.9. The van der Waals surface area contributed by atoms with Crippen LogP contribution in [0.3, 0.4) is 0 Å². The second-order valence-corrected chi connectivity index (χ2v) is 3.28. The second-order valence-electron chi connectivity index (χ2n) is 3.28. The van der Waals surface area contributed by atoms with Crippen LogP contribution >= 0.6 is 0 Å². The molecule has 0 aromatic heterocycles. The fraction of sp³-hybridized carbons (Fsp3) is 0.154. The Labute approximate surface area is 89.6 Å².